The van der Waals surface area contributed by atoms with Gasteiger partial charge in [-0.05, 0) is 56.0 Å². The summed E-state index contributed by atoms with van der Waals surface area (Å²) >= 11 is 1.82. The lowest BCUT2D eigenvalue weighted by molar-refractivity contribution is 0.111. The number of nitrogens with one attached hydrogen (secondary N) is 2. The number of carbonyl (C=O) groups is 1. The SMILES string of the molecule is C#C.CCC(C)[C@H](CC)CSC(CN)=NC.CCC(O)CN(CC)CCCNC(=O)Nc1ccc(F)c(CF)c1. The van der Waals surface area contributed by atoms with Crippen molar-refractivity contribution in [1.29, 1.82) is 0 Å². The number of likely N-dealkylation sites (N-methyl/N-ethyl adjacent to an activating group) is 1. The molecule has 1 rings (SSSR count). The number of nitrogens with zero attached hydrogens (tertiary/aromatic N) is 2. The number of anilines is 1. The van der Waals surface area contributed by atoms with Gasteiger partial charge in [0.1, 0.15) is 12.5 Å². The van der Waals surface area contributed by atoms with Crippen LogP contribution in [0, 0.1) is 30.5 Å². The maximum absolute atomic E-state index is 13.2. The van der Waals surface area contributed by atoms with Crippen molar-refractivity contribution in [3.05, 3.63) is 29.6 Å². The average molecular weight is 586 g/mol. The Kier molecular flexibility index (Phi) is 25.7. The highest BCUT2D eigenvalue weighted by Crippen LogP contribution is 2.23. The summed E-state index contributed by atoms with van der Waals surface area (Å²) in [4.78, 5) is 18.1. The molecule has 0 aliphatic carbocycles. The fourth-order valence-corrected chi connectivity index (χ4v) is 4.89. The van der Waals surface area contributed by atoms with Crippen LogP contribution in [0.2, 0.25) is 0 Å². The minimum atomic E-state index is -0.917. The molecule has 0 radical (unpaired) electrons. The Morgan fingerprint density at radius 2 is 1.88 bits per heavy atom. The molecular formula is C30H53F2N5O2S. The van der Waals surface area contributed by atoms with Gasteiger partial charge in [0.2, 0.25) is 0 Å². The van der Waals surface area contributed by atoms with Crippen LogP contribution in [0.4, 0.5) is 19.3 Å². The molecule has 0 bridgehead atoms. The highest BCUT2D eigenvalue weighted by atomic mass is 32.2. The summed E-state index contributed by atoms with van der Waals surface area (Å²) in [6, 6.07) is 3.38. The van der Waals surface area contributed by atoms with Crippen molar-refractivity contribution in [3.8, 4) is 12.8 Å². The zero-order valence-electron chi connectivity index (χ0n) is 25.4. The molecule has 0 aliphatic heterocycles. The predicted molar refractivity (Wildman–Crippen MR) is 169 cm³/mol. The van der Waals surface area contributed by atoms with E-state index in [1.54, 1.807) is 0 Å². The summed E-state index contributed by atoms with van der Waals surface area (Å²) in [6.07, 6.45) is 11.7. The largest absolute Gasteiger partial charge is 0.392 e. The molecule has 0 aromatic heterocycles. The first-order chi connectivity index (χ1) is 19.2. The number of thioether (sulfide) groups is 1. The number of hydrogen-bond donors (Lipinski definition) is 4. The Hall–Kier alpha value is -2.19. The molecule has 5 N–H and O–H groups in total. The Morgan fingerprint density at radius 1 is 1.20 bits per heavy atom. The minimum absolute atomic E-state index is 0.0825. The zero-order valence-corrected chi connectivity index (χ0v) is 26.2. The molecule has 0 saturated heterocycles. The van der Waals surface area contributed by atoms with Gasteiger partial charge < -0.3 is 26.4 Å². The third kappa shape index (κ3) is 18.2. The predicted octanol–water partition coefficient (Wildman–Crippen LogP) is 5.93. The van der Waals surface area contributed by atoms with Crippen LogP contribution in [-0.4, -0.2) is 72.7 Å². The fraction of sp³-hybridized carbons (Fsp3) is 0.667. The molecule has 0 heterocycles. The van der Waals surface area contributed by atoms with Crippen LogP contribution in [0.15, 0.2) is 23.2 Å². The molecule has 0 aliphatic rings. The maximum atomic E-state index is 13.2. The first-order valence-corrected chi connectivity index (χ1v) is 15.1. The maximum Gasteiger partial charge on any atom is 0.319 e. The van der Waals surface area contributed by atoms with Gasteiger partial charge in [-0.3, -0.25) is 4.99 Å². The van der Waals surface area contributed by atoms with E-state index in [1.807, 2.05) is 32.7 Å². The third-order valence-electron chi connectivity index (χ3n) is 6.63. The average Bonchev–Trinajstić information content (AvgIpc) is 2.98. The summed E-state index contributed by atoms with van der Waals surface area (Å²) in [5, 5.41) is 16.0. The van der Waals surface area contributed by atoms with E-state index in [4.69, 9.17) is 5.73 Å². The van der Waals surface area contributed by atoms with Crippen molar-refractivity contribution in [2.45, 2.75) is 73.1 Å². The second kappa shape index (κ2) is 25.8. The molecular weight excluding hydrogens is 532 g/mol. The quantitative estimate of drug-likeness (QED) is 0.0834. The number of urea groups is 1. The Balaban J connectivity index is 0. The Bertz CT molecular complexity index is 842. The molecule has 0 fully saturated rings. The van der Waals surface area contributed by atoms with Crippen molar-refractivity contribution in [3.63, 3.8) is 0 Å². The van der Waals surface area contributed by atoms with Crippen LogP contribution in [-0.2, 0) is 6.67 Å². The molecule has 2 unspecified atom stereocenters. The van der Waals surface area contributed by atoms with Crippen molar-refractivity contribution in [1.82, 2.24) is 10.2 Å². The Labute approximate surface area is 246 Å². The van der Waals surface area contributed by atoms with E-state index in [2.05, 4.69) is 54.1 Å². The van der Waals surface area contributed by atoms with Crippen LogP contribution in [0.5, 0.6) is 0 Å². The van der Waals surface area contributed by atoms with Crippen LogP contribution in [0.25, 0.3) is 0 Å². The number of amides is 2. The van der Waals surface area contributed by atoms with Gasteiger partial charge in [0, 0.05) is 43.7 Å². The number of alkyl halides is 1. The van der Waals surface area contributed by atoms with E-state index >= 15 is 0 Å². The van der Waals surface area contributed by atoms with Crippen LogP contribution >= 0.6 is 11.8 Å². The van der Waals surface area contributed by atoms with E-state index in [0.717, 1.165) is 54.6 Å². The van der Waals surface area contributed by atoms with Gasteiger partial charge >= 0.3 is 6.03 Å². The van der Waals surface area contributed by atoms with Gasteiger partial charge in [-0.2, -0.15) is 0 Å². The number of aliphatic imine (C=N–C) groups is 1. The number of halogens is 2. The van der Waals surface area contributed by atoms with Gasteiger partial charge in [-0.25, -0.2) is 13.6 Å². The summed E-state index contributed by atoms with van der Waals surface area (Å²) in [7, 11) is 1.82. The summed E-state index contributed by atoms with van der Waals surface area (Å²) in [5.74, 6) is 2.14. The third-order valence-corrected chi connectivity index (χ3v) is 7.91. The molecule has 7 nitrogen and oxygen atoms in total. The van der Waals surface area contributed by atoms with E-state index in [-0.39, 0.29) is 11.7 Å². The highest BCUT2D eigenvalue weighted by molar-refractivity contribution is 8.14. The van der Waals surface area contributed by atoms with Gasteiger partial charge in [0.15, 0.2) is 0 Å². The molecule has 0 saturated carbocycles. The number of hydrogen-bond acceptors (Lipinski definition) is 6. The normalized spacial score (nSPS) is 13.3. The molecule has 10 heteroatoms. The van der Waals surface area contributed by atoms with Crippen molar-refractivity contribution >= 4 is 28.5 Å². The number of nitrogens with two attached hydrogens (primary N) is 1. The van der Waals surface area contributed by atoms with Gasteiger partial charge in [-0.15, -0.1) is 24.6 Å². The molecule has 1 aromatic rings. The van der Waals surface area contributed by atoms with Gasteiger partial charge in [0.05, 0.1) is 11.1 Å². The number of benzene rings is 1. The Morgan fingerprint density at radius 3 is 2.38 bits per heavy atom. The highest BCUT2D eigenvalue weighted by Gasteiger charge is 2.14. The fourth-order valence-electron chi connectivity index (χ4n) is 3.68. The zero-order chi connectivity index (χ0) is 30.9. The number of aliphatic hydroxyl groups excluding tert-OH is 1. The topological polar surface area (TPSA) is 103 Å². The number of rotatable bonds is 16. The van der Waals surface area contributed by atoms with Crippen LogP contribution < -0.4 is 16.4 Å². The molecule has 230 valence electrons. The van der Waals surface area contributed by atoms with E-state index in [0.29, 0.717) is 25.3 Å². The molecule has 2 amide bonds. The van der Waals surface area contributed by atoms with Gasteiger partial charge in [0.25, 0.3) is 0 Å². The summed E-state index contributed by atoms with van der Waals surface area (Å²) < 4.78 is 25.8. The van der Waals surface area contributed by atoms with Crippen molar-refractivity contribution < 1.29 is 18.7 Å². The van der Waals surface area contributed by atoms with Crippen molar-refractivity contribution in [2.24, 2.45) is 22.6 Å². The molecule has 0 spiro atoms. The van der Waals surface area contributed by atoms with Crippen molar-refractivity contribution in [2.75, 3.05) is 50.8 Å². The second-order valence-corrected chi connectivity index (χ2v) is 10.4. The molecule has 3 atom stereocenters. The van der Waals surface area contributed by atoms with E-state index in [9.17, 15) is 18.7 Å². The number of aliphatic hydroxyl groups is 1. The molecule has 1 aromatic carbocycles. The molecule has 40 heavy (non-hydrogen) atoms. The lowest BCUT2D eigenvalue weighted by Gasteiger charge is -2.22. The standard InChI is InChI=1S/C17H27F2N3O2.C11H24N2S.C2H2/c1-3-15(23)12-22(4-2)9-5-8-20-17(24)21-14-6-7-16(19)13(10-14)11-18;1-5-9(3)10(6-2)8-14-11(7-12)13-4;1-2/h6-7,10,15,23H,3-5,8-9,11-12H2,1-2H3,(H2,20,21,24);9-10H,5-8,12H2,1-4H3;1-2H/t;9?,10-;/m.1./s1. The van der Waals surface area contributed by atoms with Crippen LogP contribution in [0.3, 0.4) is 0 Å². The second-order valence-electron chi connectivity index (χ2n) is 9.32. The monoisotopic (exact) mass is 585 g/mol. The lowest BCUT2D eigenvalue weighted by Crippen LogP contribution is -2.35. The van der Waals surface area contributed by atoms with E-state index in [1.165, 1.54) is 25.0 Å². The first-order valence-electron chi connectivity index (χ1n) is 14.1. The summed E-state index contributed by atoms with van der Waals surface area (Å²) in [6.45, 7) is 13.2. The number of terminal acetylenes is 1. The minimum Gasteiger partial charge on any atom is -0.392 e. The van der Waals surface area contributed by atoms with E-state index < -0.39 is 18.5 Å². The van der Waals surface area contributed by atoms with Crippen LogP contribution in [0.1, 0.15) is 65.9 Å². The number of carbonyl (C=O) groups excluding carboxylic acids is 1. The first kappa shape index (κ1) is 40.0. The smallest absolute Gasteiger partial charge is 0.319 e. The summed E-state index contributed by atoms with van der Waals surface area (Å²) in [5.41, 5.74) is 5.84. The lowest BCUT2D eigenvalue weighted by atomic mass is 9.91. The van der Waals surface area contributed by atoms with Gasteiger partial charge in [-0.1, -0.05) is 47.5 Å².